The molecule has 0 spiro atoms. The zero-order chi connectivity index (χ0) is 25.0. The summed E-state index contributed by atoms with van der Waals surface area (Å²) in [5, 5.41) is 33.4. The molecule has 14 nitrogen and oxygen atoms in total. The molecule has 4 atom stereocenters. The molecular weight excluding hydrogens is 520 g/mol. The molecule has 0 aromatic carbocycles. The van der Waals surface area contributed by atoms with E-state index in [1.165, 1.54) is 49.8 Å². The molecule has 4 aliphatic rings. The summed E-state index contributed by atoms with van der Waals surface area (Å²) in [5.41, 5.74) is 6.71. The number of nitrogens with zero attached hydrogens (tertiary/aromatic N) is 6. The summed E-state index contributed by atoms with van der Waals surface area (Å²) in [5.74, 6) is -2.17. The van der Waals surface area contributed by atoms with E-state index in [0.717, 1.165) is 0 Å². The van der Waals surface area contributed by atoms with Crippen LogP contribution in [-0.4, -0.2) is 111 Å². The first-order chi connectivity index (χ1) is 16.7. The van der Waals surface area contributed by atoms with Crippen LogP contribution in [-0.2, 0) is 26.2 Å². The van der Waals surface area contributed by atoms with Crippen LogP contribution in [0.3, 0.4) is 0 Å². The molecule has 0 bridgehead atoms. The van der Waals surface area contributed by atoms with Gasteiger partial charge < -0.3 is 15.9 Å². The average Bonchev–Trinajstić information content (AvgIpc) is 3.25. The van der Waals surface area contributed by atoms with Crippen molar-refractivity contribution >= 4 is 59.0 Å². The maximum atomic E-state index is 12.9. The van der Waals surface area contributed by atoms with Crippen molar-refractivity contribution in [3.8, 4) is 0 Å². The van der Waals surface area contributed by atoms with E-state index in [2.05, 4.69) is 20.8 Å². The number of carbonyl (C=O) groups is 4. The highest BCUT2D eigenvalue weighted by molar-refractivity contribution is 8.01. The fourth-order valence-corrected chi connectivity index (χ4v) is 7.95. The van der Waals surface area contributed by atoms with Gasteiger partial charge in [-0.2, -0.15) is 0 Å². The van der Waals surface area contributed by atoms with Gasteiger partial charge >= 0.3 is 11.9 Å². The third-order valence-electron chi connectivity index (χ3n) is 6.03. The van der Waals surface area contributed by atoms with Crippen LogP contribution in [0, 0.1) is 0 Å². The zero-order valence-electron chi connectivity index (χ0n) is 18.2. The third kappa shape index (κ3) is 3.90. The van der Waals surface area contributed by atoms with Crippen LogP contribution in [0.2, 0.25) is 0 Å². The fraction of sp³-hybridized carbons (Fsp3) is 0.500. The lowest BCUT2D eigenvalue weighted by molar-refractivity contribution is -0.149. The standard InChI is InChI=1S/C18H20N8O6S3/c1-24-18(21-22-23-24)35-5-7-4-34-15-9(13(28)26(15)11(7)17(31)32)20-2-6-3-33-14-8(19)12(27)25(14)10(6)16(29)30/h8-9,14-15,20H,2-5,19H2,1H3,(H,29,30)(H,31,32)/t8-,9-,14?,15?/m1/s1. The summed E-state index contributed by atoms with van der Waals surface area (Å²) in [6.45, 7) is 0.0790. The van der Waals surface area contributed by atoms with Gasteiger partial charge in [0.1, 0.15) is 34.2 Å². The quantitative estimate of drug-likeness (QED) is 0.210. The largest absolute Gasteiger partial charge is 0.477 e. The number of β-lactam (4-membered cyclic amide) rings is 2. The van der Waals surface area contributed by atoms with Crippen LogP contribution >= 0.6 is 35.3 Å². The van der Waals surface area contributed by atoms with Crippen LogP contribution in [0.25, 0.3) is 0 Å². The Morgan fingerprint density at radius 2 is 1.71 bits per heavy atom. The summed E-state index contributed by atoms with van der Waals surface area (Å²) in [4.78, 5) is 51.4. The summed E-state index contributed by atoms with van der Waals surface area (Å²) < 4.78 is 1.48. The van der Waals surface area contributed by atoms with Crippen LogP contribution in [0.1, 0.15) is 0 Å². The molecule has 2 amide bonds. The molecule has 186 valence electrons. The molecule has 5 rings (SSSR count). The number of tetrazole rings is 1. The van der Waals surface area contributed by atoms with E-state index >= 15 is 0 Å². The average molecular weight is 541 g/mol. The second-order valence-electron chi connectivity index (χ2n) is 8.09. The molecule has 5 heterocycles. The second kappa shape index (κ2) is 9.12. The van der Waals surface area contributed by atoms with Crippen molar-refractivity contribution in [3.63, 3.8) is 0 Å². The summed E-state index contributed by atoms with van der Waals surface area (Å²) in [6, 6.07) is -1.39. The van der Waals surface area contributed by atoms with Gasteiger partial charge in [-0.1, -0.05) is 11.8 Å². The summed E-state index contributed by atoms with van der Waals surface area (Å²) in [6.07, 6.45) is 0. The number of carbonyl (C=O) groups excluding carboxylic acids is 2. The van der Waals surface area contributed by atoms with Gasteiger partial charge in [-0.05, 0) is 21.6 Å². The van der Waals surface area contributed by atoms with Gasteiger partial charge in [0.05, 0.1) is 0 Å². The lowest BCUT2D eigenvalue weighted by atomic mass is 10.0. The maximum Gasteiger partial charge on any atom is 0.352 e. The van der Waals surface area contributed by atoms with Crippen molar-refractivity contribution < 1.29 is 29.4 Å². The third-order valence-corrected chi connectivity index (χ3v) is 9.83. The predicted octanol–water partition coefficient (Wildman–Crippen LogP) is -1.90. The Bertz CT molecular complexity index is 1200. The van der Waals surface area contributed by atoms with Gasteiger partial charge in [0.25, 0.3) is 0 Å². The van der Waals surface area contributed by atoms with Crippen LogP contribution < -0.4 is 11.1 Å². The van der Waals surface area contributed by atoms with E-state index in [1.54, 1.807) is 7.05 Å². The first-order valence-corrected chi connectivity index (χ1v) is 13.4. The van der Waals surface area contributed by atoms with E-state index < -0.39 is 46.6 Å². The molecule has 2 saturated heterocycles. The monoisotopic (exact) mass is 540 g/mol. The number of amides is 2. The van der Waals surface area contributed by atoms with Crippen molar-refractivity contribution in [1.82, 2.24) is 35.3 Å². The number of fused-ring (bicyclic) bond motifs is 2. The van der Waals surface area contributed by atoms with Crippen molar-refractivity contribution in [3.05, 3.63) is 22.5 Å². The molecule has 5 N–H and O–H groups in total. The topological polar surface area (TPSA) is 197 Å². The number of carboxylic acids is 2. The first-order valence-electron chi connectivity index (χ1n) is 10.3. The second-order valence-corrected chi connectivity index (χ2v) is 11.2. The zero-order valence-corrected chi connectivity index (χ0v) is 20.6. The number of carboxylic acid groups (broad SMARTS) is 2. The Hall–Kier alpha value is -2.60. The summed E-state index contributed by atoms with van der Waals surface area (Å²) in [7, 11) is 1.68. The van der Waals surface area contributed by atoms with Crippen molar-refractivity contribution in [2.75, 3.05) is 23.8 Å². The number of hydrogen-bond donors (Lipinski definition) is 4. The Morgan fingerprint density at radius 3 is 2.37 bits per heavy atom. The normalized spacial score (nSPS) is 27.9. The Balaban J connectivity index is 1.29. The number of rotatable bonds is 8. The highest BCUT2D eigenvalue weighted by Gasteiger charge is 2.54. The molecule has 0 aliphatic carbocycles. The molecule has 17 heteroatoms. The number of nitrogens with one attached hydrogen (secondary N) is 1. The Kier molecular flexibility index (Phi) is 6.28. The molecule has 1 aromatic rings. The number of aromatic nitrogens is 4. The maximum absolute atomic E-state index is 12.9. The minimum Gasteiger partial charge on any atom is -0.477 e. The lowest BCUT2D eigenvalue weighted by Crippen LogP contribution is -2.70. The van der Waals surface area contributed by atoms with E-state index in [1.807, 2.05) is 0 Å². The van der Waals surface area contributed by atoms with Crippen LogP contribution in [0.4, 0.5) is 0 Å². The van der Waals surface area contributed by atoms with Gasteiger partial charge in [0, 0.05) is 30.9 Å². The molecule has 35 heavy (non-hydrogen) atoms. The molecule has 2 unspecified atom stereocenters. The van der Waals surface area contributed by atoms with Crippen molar-refractivity contribution in [1.29, 1.82) is 0 Å². The van der Waals surface area contributed by atoms with E-state index in [9.17, 15) is 29.4 Å². The first kappa shape index (κ1) is 24.1. The van der Waals surface area contributed by atoms with Gasteiger partial charge in [0.2, 0.25) is 17.0 Å². The van der Waals surface area contributed by atoms with E-state index in [4.69, 9.17) is 5.73 Å². The number of nitrogens with two attached hydrogens (primary N) is 1. The van der Waals surface area contributed by atoms with Crippen molar-refractivity contribution in [2.45, 2.75) is 28.0 Å². The number of thioether (sulfide) groups is 3. The van der Waals surface area contributed by atoms with E-state index in [-0.39, 0.29) is 17.9 Å². The smallest absolute Gasteiger partial charge is 0.352 e. The van der Waals surface area contributed by atoms with Gasteiger partial charge in [0.15, 0.2) is 0 Å². The van der Waals surface area contributed by atoms with Crippen LogP contribution in [0.5, 0.6) is 0 Å². The summed E-state index contributed by atoms with van der Waals surface area (Å²) >= 11 is 4.10. The molecule has 4 aliphatic heterocycles. The molecule has 1 aromatic heterocycles. The molecule has 2 fully saturated rings. The Morgan fingerprint density at radius 1 is 1.09 bits per heavy atom. The van der Waals surface area contributed by atoms with Gasteiger partial charge in [-0.15, -0.1) is 28.6 Å². The number of hydrogen-bond acceptors (Lipinski definition) is 12. The van der Waals surface area contributed by atoms with E-state index in [0.29, 0.717) is 33.6 Å². The molecule has 0 saturated carbocycles. The molecular formula is C18H20N8O6S3. The highest BCUT2D eigenvalue weighted by atomic mass is 32.2. The minimum atomic E-state index is -1.22. The Labute approximate surface area is 210 Å². The van der Waals surface area contributed by atoms with Crippen molar-refractivity contribution in [2.24, 2.45) is 12.8 Å². The predicted molar refractivity (Wildman–Crippen MR) is 125 cm³/mol. The number of aryl methyl sites for hydroxylation is 1. The fourth-order valence-electron chi connectivity index (χ4n) is 4.29. The van der Waals surface area contributed by atoms with Crippen LogP contribution in [0.15, 0.2) is 27.7 Å². The lowest BCUT2D eigenvalue weighted by Gasteiger charge is -2.50. The minimum absolute atomic E-state index is 0.0407. The molecule has 0 radical (unpaired) electrons. The number of aliphatic carboxylic acids is 2. The highest BCUT2D eigenvalue weighted by Crippen LogP contribution is 2.42. The van der Waals surface area contributed by atoms with Gasteiger partial charge in [-0.3, -0.25) is 24.7 Å². The van der Waals surface area contributed by atoms with Gasteiger partial charge in [-0.25, -0.2) is 14.3 Å². The SMILES string of the molecule is Cn1nnnc1SCC1=C(C(=O)O)N2C(=O)[C@@H](NCC3=C(C(=O)O)N4C(=O)[C@@H](N)C4SC3)C2SC1.